The predicted octanol–water partition coefficient (Wildman–Crippen LogP) is 5.94. The maximum atomic E-state index is 13.4. The number of aromatic nitrogens is 2. The highest BCUT2D eigenvalue weighted by Gasteiger charge is 2.41. The Labute approximate surface area is 190 Å². The topological polar surface area (TPSA) is 49.0 Å². The van der Waals surface area contributed by atoms with Crippen LogP contribution < -0.4 is 0 Å². The summed E-state index contributed by atoms with van der Waals surface area (Å²) in [6.07, 6.45) is 0.800. The zero-order chi connectivity index (χ0) is 21.4. The van der Waals surface area contributed by atoms with E-state index in [1.807, 2.05) is 35.2 Å². The molecule has 1 unspecified atom stereocenters. The number of carbonyl (C=O) groups is 1. The Balaban J connectivity index is 1.58. The van der Waals surface area contributed by atoms with Gasteiger partial charge in [0.2, 0.25) is 0 Å². The van der Waals surface area contributed by atoms with Gasteiger partial charge in [0.25, 0.3) is 5.91 Å². The molecule has 5 rings (SSSR count). The standard InChI is InChI=1S/C26H22BrN3O/c1-17-10-12-19(13-11-17)23-22-24(29-28-23)26(31)30(15-14-18-6-3-2-4-7-18)25(22)20-8-5-9-21(27)16-20/h2-13,16,25H,14-15H2,1H3,(H,28,29). The molecule has 154 valence electrons. The molecule has 0 saturated carbocycles. The Kier molecular flexibility index (Phi) is 5.20. The van der Waals surface area contributed by atoms with E-state index in [1.54, 1.807) is 0 Å². The Morgan fingerprint density at radius 1 is 1.00 bits per heavy atom. The van der Waals surface area contributed by atoms with Crippen molar-refractivity contribution in [2.75, 3.05) is 6.54 Å². The molecule has 31 heavy (non-hydrogen) atoms. The predicted molar refractivity (Wildman–Crippen MR) is 126 cm³/mol. The quantitative estimate of drug-likeness (QED) is 0.391. The summed E-state index contributed by atoms with van der Waals surface area (Å²) in [5.41, 5.74) is 6.89. The third kappa shape index (κ3) is 3.70. The smallest absolute Gasteiger partial charge is 0.273 e. The van der Waals surface area contributed by atoms with Crippen molar-refractivity contribution < 1.29 is 4.79 Å². The highest BCUT2D eigenvalue weighted by molar-refractivity contribution is 9.10. The number of benzene rings is 3. The first-order valence-electron chi connectivity index (χ1n) is 10.4. The molecule has 0 aliphatic carbocycles. The van der Waals surface area contributed by atoms with Crippen molar-refractivity contribution in [3.8, 4) is 11.3 Å². The van der Waals surface area contributed by atoms with Crippen molar-refractivity contribution in [2.45, 2.75) is 19.4 Å². The van der Waals surface area contributed by atoms with Crippen molar-refractivity contribution in [3.05, 3.63) is 111 Å². The van der Waals surface area contributed by atoms with E-state index in [0.717, 1.165) is 33.3 Å². The average molecular weight is 472 g/mol. The molecule has 1 aromatic heterocycles. The van der Waals surface area contributed by atoms with Crippen LogP contribution in [0, 0.1) is 6.92 Å². The molecule has 1 aliphatic heterocycles. The first kappa shape index (κ1) is 19.8. The number of aryl methyl sites for hydroxylation is 1. The lowest BCUT2D eigenvalue weighted by Crippen LogP contribution is -2.31. The summed E-state index contributed by atoms with van der Waals surface area (Å²) in [5.74, 6) is 0.00164. The lowest BCUT2D eigenvalue weighted by molar-refractivity contribution is 0.0746. The van der Waals surface area contributed by atoms with E-state index >= 15 is 0 Å². The molecule has 0 spiro atoms. The number of nitrogens with zero attached hydrogens (tertiary/aromatic N) is 2. The number of hydrogen-bond acceptors (Lipinski definition) is 2. The molecule has 3 aromatic carbocycles. The van der Waals surface area contributed by atoms with Crippen LogP contribution in [0.5, 0.6) is 0 Å². The Morgan fingerprint density at radius 3 is 2.52 bits per heavy atom. The van der Waals surface area contributed by atoms with Gasteiger partial charge in [-0.3, -0.25) is 9.89 Å². The summed E-state index contributed by atoms with van der Waals surface area (Å²) in [5, 5.41) is 7.59. The number of rotatable bonds is 5. The van der Waals surface area contributed by atoms with Crippen molar-refractivity contribution in [1.29, 1.82) is 0 Å². The summed E-state index contributed by atoms with van der Waals surface area (Å²) in [7, 11) is 0. The third-order valence-electron chi connectivity index (χ3n) is 5.84. The number of fused-ring (bicyclic) bond motifs is 1. The van der Waals surface area contributed by atoms with E-state index in [-0.39, 0.29) is 11.9 Å². The van der Waals surface area contributed by atoms with E-state index in [1.165, 1.54) is 11.1 Å². The summed E-state index contributed by atoms with van der Waals surface area (Å²) in [4.78, 5) is 15.4. The minimum absolute atomic E-state index is 0.00164. The molecule has 1 atom stereocenters. The number of carbonyl (C=O) groups excluding carboxylic acids is 1. The van der Waals surface area contributed by atoms with Gasteiger partial charge in [-0.05, 0) is 36.6 Å². The van der Waals surface area contributed by atoms with Crippen LogP contribution in [-0.4, -0.2) is 27.5 Å². The van der Waals surface area contributed by atoms with E-state index in [0.29, 0.717) is 12.2 Å². The van der Waals surface area contributed by atoms with Crippen LogP contribution >= 0.6 is 15.9 Å². The number of H-pyrrole nitrogens is 1. The molecule has 0 radical (unpaired) electrons. The van der Waals surface area contributed by atoms with Crippen molar-refractivity contribution in [3.63, 3.8) is 0 Å². The minimum Gasteiger partial charge on any atom is -0.326 e. The Bertz CT molecular complexity index is 1230. The van der Waals surface area contributed by atoms with Gasteiger partial charge < -0.3 is 4.90 Å². The van der Waals surface area contributed by atoms with Gasteiger partial charge in [0.15, 0.2) is 0 Å². The van der Waals surface area contributed by atoms with Gasteiger partial charge in [-0.2, -0.15) is 5.10 Å². The van der Waals surface area contributed by atoms with Crippen LogP contribution in [0.15, 0.2) is 83.3 Å². The second-order valence-electron chi connectivity index (χ2n) is 7.92. The van der Waals surface area contributed by atoms with Gasteiger partial charge in [-0.15, -0.1) is 0 Å². The zero-order valence-electron chi connectivity index (χ0n) is 17.2. The van der Waals surface area contributed by atoms with Gasteiger partial charge >= 0.3 is 0 Å². The van der Waals surface area contributed by atoms with E-state index in [9.17, 15) is 4.79 Å². The maximum absolute atomic E-state index is 13.4. The molecular formula is C26H22BrN3O. The molecule has 2 heterocycles. The maximum Gasteiger partial charge on any atom is 0.273 e. The van der Waals surface area contributed by atoms with Crippen LogP contribution in [0.4, 0.5) is 0 Å². The van der Waals surface area contributed by atoms with Gasteiger partial charge in [0.05, 0.1) is 11.7 Å². The summed E-state index contributed by atoms with van der Waals surface area (Å²) in [6, 6.07) is 26.6. The molecule has 4 nitrogen and oxygen atoms in total. The van der Waals surface area contributed by atoms with E-state index in [2.05, 4.69) is 81.6 Å². The lowest BCUT2D eigenvalue weighted by atomic mass is 9.95. The highest BCUT2D eigenvalue weighted by Crippen LogP contribution is 2.43. The first-order chi connectivity index (χ1) is 15.1. The molecule has 5 heteroatoms. The molecule has 1 amide bonds. The summed E-state index contributed by atoms with van der Waals surface area (Å²) >= 11 is 3.60. The normalized spacial score (nSPS) is 15.4. The summed E-state index contributed by atoms with van der Waals surface area (Å²) < 4.78 is 0.995. The molecule has 1 aliphatic rings. The molecule has 0 fully saturated rings. The minimum atomic E-state index is -0.182. The van der Waals surface area contributed by atoms with E-state index < -0.39 is 0 Å². The van der Waals surface area contributed by atoms with Crippen LogP contribution in [0.2, 0.25) is 0 Å². The Morgan fingerprint density at radius 2 is 1.77 bits per heavy atom. The molecular weight excluding hydrogens is 450 g/mol. The van der Waals surface area contributed by atoms with Gasteiger partial charge in [-0.25, -0.2) is 0 Å². The molecule has 1 N–H and O–H groups in total. The lowest BCUT2D eigenvalue weighted by Gasteiger charge is -2.26. The highest BCUT2D eigenvalue weighted by atomic mass is 79.9. The fourth-order valence-electron chi connectivity index (χ4n) is 4.28. The van der Waals surface area contributed by atoms with Crippen molar-refractivity contribution >= 4 is 21.8 Å². The average Bonchev–Trinajstić information content (AvgIpc) is 3.32. The number of hydrogen-bond donors (Lipinski definition) is 1. The molecule has 0 bridgehead atoms. The first-order valence-corrected chi connectivity index (χ1v) is 11.2. The van der Waals surface area contributed by atoms with Crippen LogP contribution in [0.3, 0.4) is 0 Å². The second-order valence-corrected chi connectivity index (χ2v) is 8.83. The SMILES string of the molecule is Cc1ccc(-c2n[nH]c3c2C(c2cccc(Br)c2)N(CCc2ccccc2)C3=O)cc1. The number of halogens is 1. The number of amides is 1. The van der Waals surface area contributed by atoms with Crippen molar-refractivity contribution in [1.82, 2.24) is 15.1 Å². The van der Waals surface area contributed by atoms with Crippen LogP contribution in [0.25, 0.3) is 11.3 Å². The van der Waals surface area contributed by atoms with Crippen LogP contribution in [0.1, 0.15) is 38.8 Å². The van der Waals surface area contributed by atoms with Gasteiger partial charge in [-0.1, -0.05) is 88.2 Å². The summed E-state index contributed by atoms with van der Waals surface area (Å²) in [6.45, 7) is 2.70. The van der Waals surface area contributed by atoms with Gasteiger partial charge in [0.1, 0.15) is 5.69 Å². The zero-order valence-corrected chi connectivity index (χ0v) is 18.8. The fraction of sp³-hybridized carbons (Fsp3) is 0.154. The van der Waals surface area contributed by atoms with Crippen LogP contribution in [-0.2, 0) is 6.42 Å². The number of aromatic amines is 1. The van der Waals surface area contributed by atoms with E-state index in [4.69, 9.17) is 0 Å². The third-order valence-corrected chi connectivity index (χ3v) is 6.33. The fourth-order valence-corrected chi connectivity index (χ4v) is 4.69. The molecule has 0 saturated heterocycles. The molecule has 4 aromatic rings. The monoisotopic (exact) mass is 471 g/mol. The largest absolute Gasteiger partial charge is 0.326 e. The van der Waals surface area contributed by atoms with Crippen molar-refractivity contribution in [2.24, 2.45) is 0 Å². The second kappa shape index (κ2) is 8.16. The Hall–Kier alpha value is -3.18. The van der Waals surface area contributed by atoms with Gasteiger partial charge in [0, 0.05) is 22.1 Å². The number of nitrogens with one attached hydrogen (secondary N) is 1.